The smallest absolute Gasteiger partial charge is 0.303 e. The van der Waals surface area contributed by atoms with E-state index >= 15 is 0 Å². The molecule has 0 aliphatic heterocycles. The molecule has 8 heteroatoms. The van der Waals surface area contributed by atoms with Crippen LogP contribution in [0.2, 0.25) is 0 Å². The summed E-state index contributed by atoms with van der Waals surface area (Å²) >= 11 is 0. The van der Waals surface area contributed by atoms with E-state index in [1.165, 1.54) is 0 Å². The molecule has 0 bridgehead atoms. The summed E-state index contributed by atoms with van der Waals surface area (Å²) in [6, 6.07) is 0. The minimum Gasteiger partial charge on any atom is -0.481 e. The van der Waals surface area contributed by atoms with Crippen LogP contribution in [0.15, 0.2) is 10.7 Å². The number of aromatic nitrogens is 5. The van der Waals surface area contributed by atoms with Gasteiger partial charge >= 0.3 is 5.97 Å². The van der Waals surface area contributed by atoms with Gasteiger partial charge in [-0.25, -0.2) is 4.68 Å². The molecule has 2 aromatic rings. The molecule has 0 aliphatic carbocycles. The van der Waals surface area contributed by atoms with Crippen LogP contribution in [-0.2, 0) is 17.8 Å². The van der Waals surface area contributed by atoms with Crippen LogP contribution in [0.1, 0.15) is 43.6 Å². The molecular weight excluding hydrogens is 250 g/mol. The molecule has 0 unspecified atom stereocenters. The Morgan fingerprint density at radius 3 is 2.95 bits per heavy atom. The Balaban J connectivity index is 1.97. The Kier molecular flexibility index (Phi) is 3.88. The van der Waals surface area contributed by atoms with E-state index in [9.17, 15) is 4.79 Å². The van der Waals surface area contributed by atoms with Crippen molar-refractivity contribution in [1.29, 1.82) is 0 Å². The van der Waals surface area contributed by atoms with Gasteiger partial charge in [-0.2, -0.15) is 4.98 Å². The van der Waals surface area contributed by atoms with Gasteiger partial charge in [-0.15, -0.1) is 5.10 Å². The number of carboxylic acid groups (broad SMARTS) is 1. The molecule has 102 valence electrons. The monoisotopic (exact) mass is 265 g/mol. The third-order valence-corrected chi connectivity index (χ3v) is 2.46. The topological polar surface area (TPSA) is 107 Å². The van der Waals surface area contributed by atoms with Gasteiger partial charge in [0.1, 0.15) is 6.54 Å². The predicted octanol–water partition coefficient (Wildman–Crippen LogP) is 0.850. The second kappa shape index (κ2) is 5.59. The first-order chi connectivity index (χ1) is 9.04. The van der Waals surface area contributed by atoms with Crippen molar-refractivity contribution in [3.8, 4) is 0 Å². The minimum absolute atomic E-state index is 0.0401. The summed E-state index contributed by atoms with van der Waals surface area (Å²) in [5.41, 5.74) is 0.634. The summed E-state index contributed by atoms with van der Waals surface area (Å²) < 4.78 is 6.65. The Labute approximate surface area is 109 Å². The van der Waals surface area contributed by atoms with E-state index in [-0.39, 0.29) is 12.3 Å². The lowest BCUT2D eigenvalue weighted by atomic mass is 10.2. The molecule has 0 radical (unpaired) electrons. The molecule has 1 N–H and O–H groups in total. The normalized spacial score (nSPS) is 11.1. The van der Waals surface area contributed by atoms with Crippen molar-refractivity contribution < 1.29 is 14.4 Å². The molecular formula is C11H15N5O3. The lowest BCUT2D eigenvalue weighted by Gasteiger charge is -1.94. The van der Waals surface area contributed by atoms with E-state index in [2.05, 4.69) is 20.5 Å². The molecule has 0 aromatic carbocycles. The zero-order chi connectivity index (χ0) is 13.8. The molecule has 0 aliphatic rings. The van der Waals surface area contributed by atoms with E-state index in [4.69, 9.17) is 9.63 Å². The van der Waals surface area contributed by atoms with Crippen molar-refractivity contribution in [2.45, 2.75) is 39.2 Å². The van der Waals surface area contributed by atoms with Crippen molar-refractivity contribution in [2.75, 3.05) is 0 Å². The van der Waals surface area contributed by atoms with Crippen molar-refractivity contribution in [3.05, 3.63) is 23.6 Å². The van der Waals surface area contributed by atoms with Crippen LogP contribution >= 0.6 is 0 Å². The Morgan fingerprint density at radius 1 is 1.53 bits per heavy atom. The van der Waals surface area contributed by atoms with E-state index in [1.807, 2.05) is 13.8 Å². The number of carboxylic acids is 1. The SMILES string of the molecule is CC(C)c1nc(Cn2cc(CCC(=O)O)nn2)no1. The third kappa shape index (κ3) is 3.60. The van der Waals surface area contributed by atoms with Crippen LogP contribution in [0.5, 0.6) is 0 Å². The summed E-state index contributed by atoms with van der Waals surface area (Å²) in [5, 5.41) is 20.2. The molecule has 0 spiro atoms. The molecule has 0 atom stereocenters. The Bertz CT molecular complexity index is 560. The van der Waals surface area contributed by atoms with Crippen molar-refractivity contribution >= 4 is 5.97 Å². The third-order valence-electron chi connectivity index (χ3n) is 2.46. The first-order valence-corrected chi connectivity index (χ1v) is 5.98. The fraction of sp³-hybridized carbons (Fsp3) is 0.545. The summed E-state index contributed by atoms with van der Waals surface area (Å²) in [5.74, 6) is 0.442. The molecule has 0 fully saturated rings. The lowest BCUT2D eigenvalue weighted by Crippen LogP contribution is -2.02. The van der Waals surface area contributed by atoms with Crippen LogP contribution in [0.4, 0.5) is 0 Å². The maximum atomic E-state index is 10.4. The van der Waals surface area contributed by atoms with Crippen LogP contribution in [0, 0.1) is 0 Å². The van der Waals surface area contributed by atoms with Crippen LogP contribution in [0.25, 0.3) is 0 Å². The van der Waals surface area contributed by atoms with E-state index in [0.29, 0.717) is 30.4 Å². The van der Waals surface area contributed by atoms with Gasteiger partial charge < -0.3 is 9.63 Å². The van der Waals surface area contributed by atoms with Crippen LogP contribution < -0.4 is 0 Å². The van der Waals surface area contributed by atoms with Gasteiger partial charge in [0.25, 0.3) is 0 Å². The highest BCUT2D eigenvalue weighted by Gasteiger charge is 2.11. The van der Waals surface area contributed by atoms with Gasteiger partial charge in [0.15, 0.2) is 5.82 Å². The number of hydrogen-bond acceptors (Lipinski definition) is 6. The van der Waals surface area contributed by atoms with Crippen molar-refractivity contribution in [3.63, 3.8) is 0 Å². The highest BCUT2D eigenvalue weighted by atomic mass is 16.5. The Hall–Kier alpha value is -2.25. The van der Waals surface area contributed by atoms with Crippen molar-refractivity contribution in [1.82, 2.24) is 25.1 Å². The molecule has 0 saturated heterocycles. The summed E-state index contributed by atoms with van der Waals surface area (Å²) in [6.45, 7) is 4.30. The average molecular weight is 265 g/mol. The number of aliphatic carboxylic acids is 1. The number of nitrogens with zero attached hydrogens (tertiary/aromatic N) is 5. The molecule has 8 nitrogen and oxygen atoms in total. The summed E-state index contributed by atoms with van der Waals surface area (Å²) in [6.07, 6.45) is 2.09. The standard InChI is InChI=1S/C11H15N5O3/c1-7(2)11-12-9(14-19-11)6-16-5-8(13-15-16)3-4-10(17)18/h5,7H,3-4,6H2,1-2H3,(H,17,18). The number of rotatable bonds is 6. The second-order valence-electron chi connectivity index (χ2n) is 4.50. The van der Waals surface area contributed by atoms with E-state index in [1.54, 1.807) is 10.9 Å². The number of aryl methyl sites for hydroxylation is 1. The molecule has 2 aromatic heterocycles. The van der Waals surface area contributed by atoms with Gasteiger partial charge in [0, 0.05) is 18.5 Å². The van der Waals surface area contributed by atoms with Gasteiger partial charge in [0.05, 0.1) is 12.1 Å². The number of carbonyl (C=O) groups is 1. The lowest BCUT2D eigenvalue weighted by molar-refractivity contribution is -0.136. The predicted molar refractivity (Wildman–Crippen MR) is 63.5 cm³/mol. The van der Waals surface area contributed by atoms with Crippen LogP contribution in [0.3, 0.4) is 0 Å². The molecule has 0 amide bonds. The fourth-order valence-electron chi connectivity index (χ4n) is 1.48. The average Bonchev–Trinajstić information content (AvgIpc) is 2.96. The maximum absolute atomic E-state index is 10.4. The quantitative estimate of drug-likeness (QED) is 0.824. The molecule has 19 heavy (non-hydrogen) atoms. The van der Waals surface area contributed by atoms with Gasteiger partial charge in [-0.3, -0.25) is 4.79 Å². The minimum atomic E-state index is -0.853. The largest absolute Gasteiger partial charge is 0.481 e. The van der Waals surface area contributed by atoms with Crippen molar-refractivity contribution in [2.24, 2.45) is 0 Å². The van der Waals surface area contributed by atoms with E-state index in [0.717, 1.165) is 0 Å². The van der Waals surface area contributed by atoms with Crippen LogP contribution in [-0.4, -0.2) is 36.2 Å². The maximum Gasteiger partial charge on any atom is 0.303 e. The van der Waals surface area contributed by atoms with Gasteiger partial charge in [0.2, 0.25) is 5.89 Å². The molecule has 0 saturated carbocycles. The zero-order valence-corrected chi connectivity index (χ0v) is 10.8. The first-order valence-electron chi connectivity index (χ1n) is 5.98. The highest BCUT2D eigenvalue weighted by molar-refractivity contribution is 5.66. The summed E-state index contributed by atoms with van der Waals surface area (Å²) in [7, 11) is 0. The summed E-state index contributed by atoms with van der Waals surface area (Å²) in [4.78, 5) is 14.7. The van der Waals surface area contributed by atoms with E-state index < -0.39 is 5.97 Å². The highest BCUT2D eigenvalue weighted by Crippen LogP contribution is 2.11. The Morgan fingerprint density at radius 2 is 2.32 bits per heavy atom. The number of hydrogen-bond donors (Lipinski definition) is 1. The second-order valence-corrected chi connectivity index (χ2v) is 4.50. The molecule has 2 heterocycles. The fourth-order valence-corrected chi connectivity index (χ4v) is 1.48. The van der Waals surface area contributed by atoms with Gasteiger partial charge in [-0.1, -0.05) is 24.2 Å². The first kappa shape index (κ1) is 13.2. The van der Waals surface area contributed by atoms with Gasteiger partial charge in [-0.05, 0) is 0 Å². The zero-order valence-electron chi connectivity index (χ0n) is 10.8. The molecule has 2 rings (SSSR count).